The largest absolute Gasteiger partial charge is 0 e. The number of hydrogen-bond donors (Lipinski definition) is 0. The number of pyridine rings is 2. The van der Waals surface area contributed by atoms with Crippen LogP contribution in [0.2, 0.25) is 17.3 Å². The Kier molecular flexibility index (Phi) is 11.4. The van der Waals surface area contributed by atoms with Crippen LogP contribution in [-0.2, 0) is 20.1 Å². The van der Waals surface area contributed by atoms with Gasteiger partial charge in [0, 0.05) is 31.7 Å². The van der Waals surface area contributed by atoms with Crippen LogP contribution in [0.25, 0.3) is 66.7 Å². The van der Waals surface area contributed by atoms with Gasteiger partial charge in [-0.1, -0.05) is 91.0 Å². The maximum atomic E-state index is 6.35. The summed E-state index contributed by atoms with van der Waals surface area (Å²) >= 11 is -1.77. The molecule has 0 saturated heterocycles. The fourth-order valence-corrected chi connectivity index (χ4v) is 10.2. The summed E-state index contributed by atoms with van der Waals surface area (Å²) in [6.45, 7) is 6.58. The molecule has 52 heavy (non-hydrogen) atoms. The van der Waals surface area contributed by atoms with Gasteiger partial charge in [0.25, 0.3) is 0 Å². The van der Waals surface area contributed by atoms with Gasteiger partial charge in [0.05, 0.1) is 5.58 Å². The summed E-state index contributed by atoms with van der Waals surface area (Å²) < 4.78 is 7.84. The third kappa shape index (κ3) is 8.05. The Morgan fingerprint density at radius 1 is 0.635 bits per heavy atom. The first-order valence-corrected chi connectivity index (χ1v) is 24.9. The van der Waals surface area contributed by atoms with Crippen LogP contribution in [0.4, 0.5) is 0 Å². The van der Waals surface area contributed by atoms with Crippen LogP contribution in [0, 0.1) is 19.1 Å². The van der Waals surface area contributed by atoms with Gasteiger partial charge < -0.3 is 9.40 Å². The molecule has 0 aliphatic heterocycles. The molecule has 3 nitrogen and oxygen atoms in total. The number of nitrogens with zero attached hydrogens (tertiary/aromatic N) is 2. The molecule has 0 bridgehead atoms. The third-order valence-electron chi connectivity index (χ3n) is 9.34. The molecule has 0 fully saturated rings. The quantitative estimate of drug-likeness (QED) is 0.123. The van der Waals surface area contributed by atoms with E-state index < -0.39 is 13.3 Å². The molecule has 5 aromatic carbocycles. The van der Waals surface area contributed by atoms with Crippen LogP contribution in [-0.4, -0.2) is 23.2 Å². The molecule has 8 rings (SSSR count). The molecule has 261 valence electrons. The van der Waals surface area contributed by atoms with E-state index in [9.17, 15) is 0 Å². The number of aromatic nitrogens is 2. The molecule has 3 heterocycles. The minimum absolute atomic E-state index is 0. The zero-order chi connectivity index (χ0) is 35.5. The van der Waals surface area contributed by atoms with Crippen molar-refractivity contribution >= 4 is 39.6 Å². The van der Waals surface area contributed by atoms with Gasteiger partial charge in [-0.3, -0.25) is 0 Å². The summed E-state index contributed by atoms with van der Waals surface area (Å²) in [6, 6.07) is 50.7. The molecule has 5 heteroatoms. The molecule has 0 amide bonds. The van der Waals surface area contributed by atoms with Gasteiger partial charge in [-0.05, 0) is 58.1 Å². The second kappa shape index (κ2) is 16.0. The van der Waals surface area contributed by atoms with E-state index in [1.807, 2.05) is 36.5 Å². The van der Waals surface area contributed by atoms with Gasteiger partial charge in [0.1, 0.15) is 5.58 Å². The molecule has 0 N–H and O–H groups in total. The third-order valence-corrected chi connectivity index (χ3v) is 13.8. The van der Waals surface area contributed by atoms with Crippen LogP contribution in [0.3, 0.4) is 0 Å². The molecular formula is C47H42GeIrN2O-2. The number of furan rings is 1. The second-order valence-corrected chi connectivity index (χ2v) is 25.0. The number of benzene rings is 5. The van der Waals surface area contributed by atoms with E-state index in [1.165, 1.54) is 37.8 Å². The van der Waals surface area contributed by atoms with Crippen LogP contribution in [0.1, 0.15) is 30.9 Å². The molecule has 0 atom stereocenters. The number of aryl methyl sites for hydroxylation is 1. The minimum Gasteiger partial charge on any atom is 0 e. The number of rotatable bonds is 6. The van der Waals surface area contributed by atoms with Gasteiger partial charge in [-0.25, -0.2) is 0 Å². The average Bonchev–Trinajstić information content (AvgIpc) is 3.54. The van der Waals surface area contributed by atoms with E-state index in [1.54, 1.807) is 0 Å². The molecular weight excluding hydrogens is 873 g/mol. The molecule has 0 spiro atoms. The first kappa shape index (κ1) is 37.2. The molecule has 0 saturated carbocycles. The summed E-state index contributed by atoms with van der Waals surface area (Å²) in [4.78, 5) is 9.22. The van der Waals surface area contributed by atoms with E-state index in [0.29, 0.717) is 5.92 Å². The van der Waals surface area contributed by atoms with E-state index in [4.69, 9.17) is 4.42 Å². The van der Waals surface area contributed by atoms with Gasteiger partial charge >= 0.3 is 106 Å². The standard InChI is InChI=1S/C32H24NO.C15H18GeN.Ir/c1-21(2)23-16-17-33-30(20-23)28-13-7-12-27-29-19-26(14-15-31(29)34-32(27)28)25-11-6-10-24(18-25)22-8-4-3-5-9-22;1-12-10-15(13-8-6-5-7-9-13)17-11-14(12)16(2,3)4;/h3-12,14-21H,1-2H3;5-8,10-11H,1-4H3;/q2*-1;. The van der Waals surface area contributed by atoms with Crippen molar-refractivity contribution in [1.82, 2.24) is 9.97 Å². The monoisotopic (exact) mass is 917 g/mol. The van der Waals surface area contributed by atoms with Crippen molar-refractivity contribution in [3.63, 3.8) is 0 Å². The number of hydrogen-bond acceptors (Lipinski definition) is 3. The molecule has 0 unspecified atom stereocenters. The first-order chi connectivity index (χ1) is 24.7. The summed E-state index contributed by atoms with van der Waals surface area (Å²) in [7, 11) is 0. The molecule has 3 aromatic heterocycles. The molecule has 0 aliphatic rings. The van der Waals surface area contributed by atoms with Crippen molar-refractivity contribution in [2.75, 3.05) is 0 Å². The van der Waals surface area contributed by atoms with Crippen LogP contribution >= 0.6 is 0 Å². The van der Waals surface area contributed by atoms with Crippen LogP contribution < -0.4 is 4.40 Å². The maximum absolute atomic E-state index is 6.35. The maximum Gasteiger partial charge on any atom is 0 e. The predicted octanol–water partition coefficient (Wildman–Crippen LogP) is 12.3. The van der Waals surface area contributed by atoms with Gasteiger partial charge in [-0.2, -0.15) is 0 Å². The fraction of sp³-hybridized carbons (Fsp3) is 0.149. The van der Waals surface area contributed by atoms with Crippen molar-refractivity contribution < 1.29 is 24.5 Å². The minimum atomic E-state index is -1.77. The Balaban J connectivity index is 0.000000218. The summed E-state index contributed by atoms with van der Waals surface area (Å²) in [6.07, 6.45) is 3.95. The summed E-state index contributed by atoms with van der Waals surface area (Å²) in [5.41, 5.74) is 13.0. The van der Waals surface area contributed by atoms with Crippen molar-refractivity contribution in [3.8, 4) is 44.8 Å². The average molecular weight is 916 g/mol. The Hall–Kier alpha value is -4.61. The smallest absolute Gasteiger partial charge is 0 e. The molecule has 8 aromatic rings. The van der Waals surface area contributed by atoms with E-state index >= 15 is 0 Å². The summed E-state index contributed by atoms with van der Waals surface area (Å²) in [5, 5.41) is 2.19. The van der Waals surface area contributed by atoms with E-state index in [-0.39, 0.29) is 20.1 Å². The number of fused-ring (bicyclic) bond motifs is 3. The molecule has 1 radical (unpaired) electrons. The Labute approximate surface area is 323 Å². The zero-order valence-corrected chi connectivity index (χ0v) is 35.0. The second-order valence-electron chi connectivity index (χ2n) is 14.4. The summed E-state index contributed by atoms with van der Waals surface area (Å²) in [5.74, 6) is 7.64. The fourth-order valence-electron chi connectivity index (χ4n) is 6.60. The van der Waals surface area contributed by atoms with Crippen molar-refractivity contribution in [2.45, 2.75) is 44.0 Å². The van der Waals surface area contributed by atoms with Gasteiger partial charge in [0.15, 0.2) is 0 Å². The van der Waals surface area contributed by atoms with Crippen molar-refractivity contribution in [3.05, 3.63) is 163 Å². The Bertz CT molecular complexity index is 2450. The molecule has 0 aliphatic carbocycles. The van der Waals surface area contributed by atoms with Crippen molar-refractivity contribution in [2.24, 2.45) is 0 Å². The topological polar surface area (TPSA) is 38.9 Å². The Morgan fingerprint density at radius 3 is 2.08 bits per heavy atom. The zero-order valence-electron chi connectivity index (χ0n) is 30.5. The SMILES string of the molecule is CC(C)c1ccnc(-c2[c-]ccc3c2oc2ccc(-c4cccc(-c5ccccc5)c4)cc23)c1.Cc1cc(-c2[c-]cccc2)nc[c]1[Ge]([CH3])([CH3])[CH3].[Ir]. The first-order valence-electron chi connectivity index (χ1n) is 17.6. The van der Waals surface area contributed by atoms with Gasteiger partial charge in [-0.15, -0.1) is 18.2 Å². The normalized spacial score (nSPS) is 11.3. The van der Waals surface area contributed by atoms with Gasteiger partial charge in [0.2, 0.25) is 0 Å². The van der Waals surface area contributed by atoms with Crippen molar-refractivity contribution in [1.29, 1.82) is 0 Å². The Morgan fingerprint density at radius 2 is 1.37 bits per heavy atom. The van der Waals surface area contributed by atoms with Crippen LogP contribution in [0.15, 0.2) is 144 Å². The predicted molar refractivity (Wildman–Crippen MR) is 217 cm³/mol. The van der Waals surface area contributed by atoms with Crippen LogP contribution in [0.5, 0.6) is 0 Å². The van der Waals surface area contributed by atoms with E-state index in [0.717, 1.165) is 44.5 Å². The van der Waals surface area contributed by atoms with E-state index in [2.05, 4.69) is 163 Å².